The van der Waals surface area contributed by atoms with Crippen molar-refractivity contribution in [2.24, 2.45) is 17.8 Å². The SMILES string of the molecule is COc1ccc(CO[C@H]([C@H](C)CO)[C@@H](C)/C=C(C)/C=C/[C@@H]2O[C@H](c3ccccc3)OC[C@H]2C)cc1. The Hall–Kier alpha value is -2.44. The van der Waals surface area contributed by atoms with Crippen molar-refractivity contribution in [2.75, 3.05) is 20.3 Å². The van der Waals surface area contributed by atoms with Gasteiger partial charge in [-0.25, -0.2) is 0 Å². The zero-order chi connectivity index (χ0) is 25.2. The van der Waals surface area contributed by atoms with Crippen molar-refractivity contribution < 1.29 is 24.1 Å². The largest absolute Gasteiger partial charge is 0.497 e. The van der Waals surface area contributed by atoms with Crippen LogP contribution in [0.3, 0.4) is 0 Å². The number of ether oxygens (including phenoxy) is 4. The minimum absolute atomic E-state index is 0.0155. The maximum absolute atomic E-state index is 9.82. The normalized spacial score (nSPS) is 23.7. The van der Waals surface area contributed by atoms with Gasteiger partial charge in [0.15, 0.2) is 6.29 Å². The summed E-state index contributed by atoms with van der Waals surface area (Å²) in [6.45, 7) is 9.62. The molecular weight excluding hydrogens is 440 g/mol. The Balaban J connectivity index is 1.62. The third kappa shape index (κ3) is 8.04. The van der Waals surface area contributed by atoms with E-state index in [-0.39, 0.29) is 42.9 Å². The molecule has 0 radical (unpaired) electrons. The molecule has 5 nitrogen and oxygen atoms in total. The summed E-state index contributed by atoms with van der Waals surface area (Å²) in [5.74, 6) is 1.24. The van der Waals surface area contributed by atoms with Gasteiger partial charge in [-0.2, -0.15) is 0 Å². The van der Waals surface area contributed by atoms with E-state index in [2.05, 4.69) is 39.0 Å². The Labute approximate surface area is 210 Å². The fraction of sp³-hybridized carbons (Fsp3) is 0.467. The average molecular weight is 481 g/mol. The molecule has 2 aromatic carbocycles. The lowest BCUT2D eigenvalue weighted by Crippen LogP contribution is -2.33. The molecule has 2 aromatic rings. The monoisotopic (exact) mass is 480 g/mol. The van der Waals surface area contributed by atoms with Gasteiger partial charge in [0.25, 0.3) is 0 Å². The van der Waals surface area contributed by atoms with Crippen LogP contribution >= 0.6 is 0 Å². The van der Waals surface area contributed by atoms with E-state index in [1.54, 1.807) is 7.11 Å². The molecule has 6 atom stereocenters. The maximum atomic E-state index is 9.82. The molecule has 0 aromatic heterocycles. The summed E-state index contributed by atoms with van der Waals surface area (Å²) in [6.07, 6.45) is 5.99. The molecule has 1 saturated heterocycles. The van der Waals surface area contributed by atoms with Crippen molar-refractivity contribution in [1.82, 2.24) is 0 Å². The fourth-order valence-corrected chi connectivity index (χ4v) is 4.33. The first-order chi connectivity index (χ1) is 16.9. The fourth-order valence-electron chi connectivity index (χ4n) is 4.33. The summed E-state index contributed by atoms with van der Waals surface area (Å²) in [6, 6.07) is 17.9. The molecule has 0 aliphatic carbocycles. The van der Waals surface area contributed by atoms with Crippen molar-refractivity contribution in [3.8, 4) is 5.75 Å². The minimum atomic E-state index is -0.341. The molecule has 1 fully saturated rings. The van der Waals surface area contributed by atoms with Gasteiger partial charge in [-0.3, -0.25) is 0 Å². The Morgan fingerprint density at radius 1 is 1.11 bits per heavy atom. The zero-order valence-corrected chi connectivity index (χ0v) is 21.6. The van der Waals surface area contributed by atoms with Gasteiger partial charge in [-0.05, 0) is 24.6 Å². The van der Waals surface area contributed by atoms with Crippen LogP contribution in [0.15, 0.2) is 78.4 Å². The van der Waals surface area contributed by atoms with Crippen molar-refractivity contribution in [3.05, 3.63) is 89.5 Å². The molecule has 1 N–H and O–H groups in total. The Morgan fingerprint density at radius 3 is 2.49 bits per heavy atom. The first-order valence-electron chi connectivity index (χ1n) is 12.4. The topological polar surface area (TPSA) is 57.2 Å². The standard InChI is InChI=1S/C30H40O5/c1-21(11-16-28-24(4)19-34-30(35-28)26-9-7-6-8-10-26)17-22(2)29(23(3)18-31)33-20-25-12-14-27(32-5)15-13-25/h6-17,22-24,28-31H,18-20H2,1-5H3/b16-11+,21-17+/t22-,23+,24+,28-,29-,30+/m0/s1. The van der Waals surface area contributed by atoms with Gasteiger partial charge in [0.1, 0.15) is 5.75 Å². The summed E-state index contributed by atoms with van der Waals surface area (Å²) in [5, 5.41) is 9.82. The first kappa shape index (κ1) is 27.2. The third-order valence-corrected chi connectivity index (χ3v) is 6.47. The second-order valence-electron chi connectivity index (χ2n) is 9.57. The highest BCUT2D eigenvalue weighted by Crippen LogP contribution is 2.30. The summed E-state index contributed by atoms with van der Waals surface area (Å²) in [7, 11) is 1.66. The van der Waals surface area contributed by atoms with Crippen LogP contribution in [0.4, 0.5) is 0 Å². The zero-order valence-electron chi connectivity index (χ0n) is 21.6. The number of hydrogen-bond acceptors (Lipinski definition) is 5. The van der Waals surface area contributed by atoms with E-state index in [0.29, 0.717) is 13.2 Å². The number of hydrogen-bond donors (Lipinski definition) is 1. The summed E-state index contributed by atoms with van der Waals surface area (Å²) in [4.78, 5) is 0. The predicted molar refractivity (Wildman–Crippen MR) is 139 cm³/mol. The number of rotatable bonds is 11. The first-order valence-corrected chi connectivity index (χ1v) is 12.4. The highest BCUT2D eigenvalue weighted by Gasteiger charge is 2.28. The Kier molecular flexibility index (Phi) is 10.5. The van der Waals surface area contributed by atoms with Gasteiger partial charge in [-0.15, -0.1) is 0 Å². The number of benzene rings is 2. The summed E-state index contributed by atoms with van der Waals surface area (Å²) >= 11 is 0. The highest BCUT2D eigenvalue weighted by atomic mass is 16.7. The molecule has 5 heteroatoms. The average Bonchev–Trinajstić information content (AvgIpc) is 2.89. The summed E-state index contributed by atoms with van der Waals surface area (Å²) in [5.41, 5.74) is 3.25. The van der Waals surface area contributed by atoms with Gasteiger partial charge in [0.2, 0.25) is 0 Å². The molecule has 0 bridgehead atoms. The smallest absolute Gasteiger partial charge is 0.184 e. The minimum Gasteiger partial charge on any atom is -0.497 e. The Bertz CT molecular complexity index is 937. The van der Waals surface area contributed by atoms with Crippen LogP contribution in [0.2, 0.25) is 0 Å². The number of allylic oxidation sites excluding steroid dienone is 2. The second kappa shape index (κ2) is 13.6. The number of aliphatic hydroxyl groups is 1. The van der Waals surface area contributed by atoms with Crippen molar-refractivity contribution in [3.63, 3.8) is 0 Å². The quantitative estimate of drug-likeness (QED) is 0.394. The lowest BCUT2D eigenvalue weighted by atomic mass is 9.91. The predicted octanol–water partition coefficient (Wildman–Crippen LogP) is 6.10. The molecule has 1 aliphatic heterocycles. The molecule has 0 amide bonds. The molecule has 0 unspecified atom stereocenters. The summed E-state index contributed by atoms with van der Waals surface area (Å²) < 4.78 is 23.7. The molecule has 0 saturated carbocycles. The highest BCUT2D eigenvalue weighted by molar-refractivity contribution is 5.26. The number of aliphatic hydroxyl groups excluding tert-OH is 1. The van der Waals surface area contributed by atoms with Crippen LogP contribution in [-0.2, 0) is 20.8 Å². The van der Waals surface area contributed by atoms with Crippen LogP contribution in [0.5, 0.6) is 5.75 Å². The second-order valence-corrected chi connectivity index (χ2v) is 9.57. The Morgan fingerprint density at radius 2 is 1.83 bits per heavy atom. The van der Waals surface area contributed by atoms with Crippen LogP contribution in [-0.4, -0.2) is 37.6 Å². The van der Waals surface area contributed by atoms with Gasteiger partial charge in [0, 0.05) is 29.9 Å². The molecule has 0 spiro atoms. The van der Waals surface area contributed by atoms with Crippen LogP contribution in [0.1, 0.15) is 45.1 Å². The van der Waals surface area contributed by atoms with E-state index in [4.69, 9.17) is 18.9 Å². The maximum Gasteiger partial charge on any atom is 0.184 e. The molecule has 190 valence electrons. The van der Waals surface area contributed by atoms with Crippen molar-refractivity contribution in [1.29, 1.82) is 0 Å². The van der Waals surface area contributed by atoms with Gasteiger partial charge >= 0.3 is 0 Å². The van der Waals surface area contributed by atoms with Gasteiger partial charge in [0.05, 0.1) is 32.5 Å². The lowest BCUT2D eigenvalue weighted by Gasteiger charge is -2.33. The van der Waals surface area contributed by atoms with E-state index in [1.807, 2.05) is 61.5 Å². The molecule has 1 heterocycles. The molecule has 35 heavy (non-hydrogen) atoms. The molecule has 1 aliphatic rings. The lowest BCUT2D eigenvalue weighted by molar-refractivity contribution is -0.225. The third-order valence-electron chi connectivity index (χ3n) is 6.47. The van der Waals surface area contributed by atoms with Gasteiger partial charge < -0.3 is 24.1 Å². The number of methoxy groups -OCH3 is 1. The van der Waals surface area contributed by atoms with Crippen LogP contribution in [0, 0.1) is 17.8 Å². The van der Waals surface area contributed by atoms with Crippen LogP contribution in [0.25, 0.3) is 0 Å². The van der Waals surface area contributed by atoms with E-state index in [1.165, 1.54) is 0 Å². The van der Waals surface area contributed by atoms with E-state index in [9.17, 15) is 5.11 Å². The van der Waals surface area contributed by atoms with Gasteiger partial charge in [-0.1, -0.05) is 87.0 Å². The van der Waals surface area contributed by atoms with Crippen LogP contribution < -0.4 is 4.74 Å². The van der Waals surface area contributed by atoms with E-state index >= 15 is 0 Å². The van der Waals surface area contributed by atoms with Crippen molar-refractivity contribution in [2.45, 2.75) is 52.8 Å². The molecular formula is C30H40O5. The molecule has 3 rings (SSSR count). The van der Waals surface area contributed by atoms with E-state index in [0.717, 1.165) is 22.4 Å². The van der Waals surface area contributed by atoms with Crippen molar-refractivity contribution >= 4 is 0 Å². The van der Waals surface area contributed by atoms with E-state index < -0.39 is 0 Å².